The maximum absolute atomic E-state index is 13.8. The van der Waals surface area contributed by atoms with Gasteiger partial charge < -0.3 is 15.4 Å². The second kappa shape index (κ2) is 11.5. The van der Waals surface area contributed by atoms with Crippen LogP contribution in [0.25, 0.3) is 16.9 Å². The number of hydrogen-bond donors (Lipinski definition) is 1. The number of fused-ring (bicyclic) bond motifs is 1. The average Bonchev–Trinajstić information content (AvgIpc) is 3.21. The number of carbonyl (C=O) groups excluding carboxylic acids is 1. The Morgan fingerprint density at radius 1 is 1.10 bits per heavy atom. The number of nitrogen functional groups attached to an aromatic ring is 1. The Morgan fingerprint density at radius 2 is 1.75 bits per heavy atom. The molecule has 40 heavy (non-hydrogen) atoms. The Balaban J connectivity index is 1.66. The van der Waals surface area contributed by atoms with Crippen molar-refractivity contribution in [1.82, 2.24) is 24.0 Å². The lowest BCUT2D eigenvalue weighted by Gasteiger charge is -2.31. The number of para-hydroxylation sites is 1. The third-order valence-electron chi connectivity index (χ3n) is 6.67. The molecule has 0 atom stereocenters. The van der Waals surface area contributed by atoms with Crippen LogP contribution < -0.4 is 16.2 Å². The van der Waals surface area contributed by atoms with E-state index in [-0.39, 0.29) is 24.0 Å². The van der Waals surface area contributed by atoms with Gasteiger partial charge in [-0.15, -0.1) is 0 Å². The van der Waals surface area contributed by atoms with Gasteiger partial charge in [0.15, 0.2) is 11.5 Å². The zero-order valence-corrected chi connectivity index (χ0v) is 23.4. The number of allylic oxidation sites excluding steroid dienone is 1. The molecule has 10 nitrogen and oxygen atoms in total. The number of imidazole rings is 1. The summed E-state index contributed by atoms with van der Waals surface area (Å²) < 4.78 is 8.95. The van der Waals surface area contributed by atoms with Crippen molar-refractivity contribution in [2.45, 2.75) is 40.7 Å². The minimum absolute atomic E-state index is 0.180. The van der Waals surface area contributed by atoms with Crippen molar-refractivity contribution in [3.05, 3.63) is 82.6 Å². The van der Waals surface area contributed by atoms with E-state index in [0.29, 0.717) is 52.5 Å². The number of nitriles is 1. The molecule has 206 valence electrons. The summed E-state index contributed by atoms with van der Waals surface area (Å²) in [6.07, 6.45) is 1.82. The highest BCUT2D eigenvalue weighted by Gasteiger charge is 2.28. The molecule has 0 fully saturated rings. The molecule has 0 aliphatic carbocycles. The van der Waals surface area contributed by atoms with Crippen LogP contribution in [-0.4, -0.2) is 43.5 Å². The van der Waals surface area contributed by atoms with Crippen molar-refractivity contribution in [2.75, 3.05) is 19.3 Å². The molecule has 0 spiro atoms. The number of nitrogens with two attached hydrogens (primary N) is 1. The van der Waals surface area contributed by atoms with Gasteiger partial charge in [0.25, 0.3) is 0 Å². The van der Waals surface area contributed by atoms with Crippen molar-refractivity contribution in [1.29, 1.82) is 5.26 Å². The van der Waals surface area contributed by atoms with E-state index in [1.165, 1.54) is 10.9 Å². The fourth-order valence-corrected chi connectivity index (χ4v) is 4.81. The van der Waals surface area contributed by atoms with Crippen molar-refractivity contribution in [2.24, 2.45) is 5.41 Å². The van der Waals surface area contributed by atoms with Crippen LogP contribution in [0.3, 0.4) is 0 Å². The number of rotatable bonds is 9. The normalized spacial score (nSPS) is 12.1. The van der Waals surface area contributed by atoms with E-state index in [0.717, 1.165) is 0 Å². The fraction of sp³-hybridized carbons (Fsp3) is 0.300. The SMILES string of the molecule is CCC(C#N)=C(C)C(=O)N(C)CC(C)(C)Cn1c(=O)n(-c2ccc(Oc3ccccc3)cc2)c2c(N)ncnc21. The summed E-state index contributed by atoms with van der Waals surface area (Å²) in [6.45, 7) is 8.06. The van der Waals surface area contributed by atoms with Crippen LogP contribution >= 0.6 is 0 Å². The van der Waals surface area contributed by atoms with Crippen molar-refractivity contribution in [3.63, 3.8) is 0 Å². The van der Waals surface area contributed by atoms with E-state index in [9.17, 15) is 14.9 Å². The summed E-state index contributed by atoms with van der Waals surface area (Å²) in [6, 6.07) is 18.7. The van der Waals surface area contributed by atoms with E-state index in [4.69, 9.17) is 10.5 Å². The Morgan fingerprint density at radius 3 is 2.38 bits per heavy atom. The lowest BCUT2D eigenvalue weighted by atomic mass is 9.92. The smallest absolute Gasteiger partial charge is 0.335 e. The number of benzene rings is 2. The Hall–Kier alpha value is -4.91. The highest BCUT2D eigenvalue weighted by Crippen LogP contribution is 2.27. The zero-order chi connectivity index (χ0) is 29.0. The third-order valence-corrected chi connectivity index (χ3v) is 6.67. The number of aromatic nitrogens is 4. The number of nitrogens with zero attached hydrogens (tertiary/aromatic N) is 6. The Kier molecular flexibility index (Phi) is 8.05. The van der Waals surface area contributed by atoms with Crippen LogP contribution in [0.15, 0.2) is 76.9 Å². The van der Waals surface area contributed by atoms with Gasteiger partial charge >= 0.3 is 5.69 Å². The van der Waals surface area contributed by atoms with E-state index in [1.807, 2.05) is 51.1 Å². The average molecular weight is 540 g/mol. The van der Waals surface area contributed by atoms with Gasteiger partial charge in [-0.2, -0.15) is 5.26 Å². The summed E-state index contributed by atoms with van der Waals surface area (Å²) in [7, 11) is 1.70. The van der Waals surface area contributed by atoms with Crippen LogP contribution in [-0.2, 0) is 11.3 Å². The van der Waals surface area contributed by atoms with Gasteiger partial charge in [-0.25, -0.2) is 14.8 Å². The zero-order valence-electron chi connectivity index (χ0n) is 23.4. The number of amides is 1. The molecular formula is C30H33N7O3. The molecule has 10 heteroatoms. The van der Waals surface area contributed by atoms with Gasteiger partial charge in [0, 0.05) is 36.7 Å². The molecule has 4 aromatic rings. The van der Waals surface area contributed by atoms with E-state index in [1.54, 1.807) is 47.7 Å². The second-order valence-corrected chi connectivity index (χ2v) is 10.4. The lowest BCUT2D eigenvalue weighted by molar-refractivity contribution is -0.127. The summed E-state index contributed by atoms with van der Waals surface area (Å²) in [5.74, 6) is 1.29. The summed E-state index contributed by atoms with van der Waals surface area (Å²) >= 11 is 0. The molecule has 0 aliphatic rings. The van der Waals surface area contributed by atoms with Gasteiger partial charge in [0.1, 0.15) is 23.3 Å². The first kappa shape index (κ1) is 28.1. The van der Waals surface area contributed by atoms with Crippen molar-refractivity contribution in [3.8, 4) is 23.3 Å². The molecule has 2 heterocycles. The number of likely N-dealkylation sites (N-methyl/N-ethyl adjacent to an activating group) is 1. The first-order valence-corrected chi connectivity index (χ1v) is 13.0. The predicted molar refractivity (Wildman–Crippen MR) is 154 cm³/mol. The maximum atomic E-state index is 13.8. The van der Waals surface area contributed by atoms with Gasteiger partial charge in [-0.1, -0.05) is 39.0 Å². The van der Waals surface area contributed by atoms with Crippen LogP contribution in [0.4, 0.5) is 5.82 Å². The highest BCUT2D eigenvalue weighted by molar-refractivity contribution is 5.94. The van der Waals surface area contributed by atoms with Crippen LogP contribution in [0.2, 0.25) is 0 Å². The van der Waals surface area contributed by atoms with Gasteiger partial charge in [-0.3, -0.25) is 13.9 Å². The predicted octanol–water partition coefficient (Wildman–Crippen LogP) is 4.69. The molecule has 2 aromatic carbocycles. The molecule has 2 aromatic heterocycles. The lowest BCUT2D eigenvalue weighted by Crippen LogP contribution is -2.40. The molecule has 0 saturated carbocycles. The fourth-order valence-electron chi connectivity index (χ4n) is 4.81. The van der Waals surface area contributed by atoms with E-state index in [2.05, 4.69) is 16.0 Å². The topological polar surface area (TPSA) is 132 Å². The van der Waals surface area contributed by atoms with Crippen LogP contribution in [0.1, 0.15) is 34.1 Å². The molecule has 0 unspecified atom stereocenters. The molecule has 0 aliphatic heterocycles. The number of anilines is 1. The number of hydrogen-bond acceptors (Lipinski definition) is 7. The summed E-state index contributed by atoms with van der Waals surface area (Å²) in [5, 5.41) is 9.34. The third kappa shape index (κ3) is 5.73. The molecule has 2 N–H and O–H groups in total. The standard InChI is InChI=1S/C30H33N7O3/c1-6-21(16-31)20(2)28(38)35(5)17-30(3,4)18-36-27-25(26(32)33-19-34-27)37(29(36)39)22-12-14-24(15-13-22)40-23-10-8-7-9-11-23/h7-15,19H,6,17-18H2,1-5H3,(H2,32,33,34). The highest BCUT2D eigenvalue weighted by atomic mass is 16.5. The van der Waals surface area contributed by atoms with Crippen LogP contribution in [0.5, 0.6) is 11.5 Å². The quantitative estimate of drug-likeness (QED) is 0.241. The molecule has 0 radical (unpaired) electrons. The minimum atomic E-state index is -0.528. The van der Waals surface area contributed by atoms with Crippen LogP contribution in [0, 0.1) is 16.7 Å². The van der Waals surface area contributed by atoms with Crippen molar-refractivity contribution < 1.29 is 9.53 Å². The summed E-state index contributed by atoms with van der Waals surface area (Å²) in [4.78, 5) is 36.9. The second-order valence-electron chi connectivity index (χ2n) is 10.4. The summed E-state index contributed by atoms with van der Waals surface area (Å²) in [5.41, 5.74) is 7.68. The first-order valence-electron chi connectivity index (χ1n) is 13.0. The van der Waals surface area contributed by atoms with E-state index >= 15 is 0 Å². The number of ether oxygens (including phenoxy) is 1. The Bertz CT molecular complexity index is 1660. The molecule has 0 saturated heterocycles. The van der Waals surface area contributed by atoms with Gasteiger partial charge in [-0.05, 0) is 49.7 Å². The minimum Gasteiger partial charge on any atom is -0.457 e. The maximum Gasteiger partial charge on any atom is 0.335 e. The monoisotopic (exact) mass is 539 g/mol. The van der Waals surface area contributed by atoms with Crippen molar-refractivity contribution >= 4 is 22.9 Å². The van der Waals surface area contributed by atoms with E-state index < -0.39 is 5.41 Å². The number of carbonyl (C=O) groups is 1. The molecule has 0 bridgehead atoms. The molecule has 1 amide bonds. The van der Waals surface area contributed by atoms with Gasteiger partial charge in [0.2, 0.25) is 5.91 Å². The first-order chi connectivity index (χ1) is 19.1. The largest absolute Gasteiger partial charge is 0.457 e. The molecule has 4 rings (SSSR count). The Labute approximate surface area is 232 Å². The van der Waals surface area contributed by atoms with Gasteiger partial charge in [0.05, 0.1) is 11.8 Å². The molecular weight excluding hydrogens is 506 g/mol.